The van der Waals surface area contributed by atoms with Crippen LogP contribution < -0.4 is 4.74 Å². The Hall–Kier alpha value is -1.56. The summed E-state index contributed by atoms with van der Waals surface area (Å²) in [4.78, 5) is 0.349. The third-order valence-corrected chi connectivity index (χ3v) is 6.31. The number of sulfonamides is 1. The number of hydrogen-bond donors (Lipinski definition) is 0. The standard InChI is InChI=1S/C18H20ClNO3S/c1-14-5-7-18(8-6-14)24(21,22)20-11-9-16(10-12-20)23-17-4-2-3-15(19)13-17/h2-8,13,16H,9-12H2,1H3. The number of hydrogen-bond acceptors (Lipinski definition) is 3. The fourth-order valence-corrected chi connectivity index (χ4v) is 4.43. The van der Waals surface area contributed by atoms with Crippen molar-refractivity contribution in [3.8, 4) is 5.75 Å². The molecule has 3 rings (SSSR count). The highest BCUT2D eigenvalue weighted by Gasteiger charge is 2.30. The first-order valence-electron chi connectivity index (χ1n) is 7.94. The van der Waals surface area contributed by atoms with Crippen LogP contribution in [0.5, 0.6) is 5.75 Å². The summed E-state index contributed by atoms with van der Waals surface area (Å²) < 4.78 is 32.8. The molecular formula is C18H20ClNO3S. The molecule has 24 heavy (non-hydrogen) atoms. The normalized spacial score (nSPS) is 16.9. The molecule has 0 N–H and O–H groups in total. The molecule has 0 atom stereocenters. The van der Waals surface area contributed by atoms with Crippen LogP contribution in [0.2, 0.25) is 5.02 Å². The summed E-state index contributed by atoms with van der Waals surface area (Å²) in [6.45, 7) is 2.86. The molecule has 0 spiro atoms. The fraction of sp³-hybridized carbons (Fsp3) is 0.333. The zero-order chi connectivity index (χ0) is 17.2. The lowest BCUT2D eigenvalue weighted by Gasteiger charge is -2.31. The van der Waals surface area contributed by atoms with Crippen LogP contribution in [0.25, 0.3) is 0 Å². The molecule has 0 bridgehead atoms. The van der Waals surface area contributed by atoms with Gasteiger partial charge in [-0.25, -0.2) is 8.42 Å². The van der Waals surface area contributed by atoms with E-state index in [9.17, 15) is 8.42 Å². The van der Waals surface area contributed by atoms with E-state index in [-0.39, 0.29) is 6.10 Å². The molecule has 4 nitrogen and oxygen atoms in total. The quantitative estimate of drug-likeness (QED) is 0.826. The Morgan fingerprint density at radius 1 is 1.08 bits per heavy atom. The number of piperidine rings is 1. The van der Waals surface area contributed by atoms with E-state index in [0.717, 1.165) is 11.3 Å². The molecule has 0 amide bonds. The van der Waals surface area contributed by atoms with Gasteiger partial charge in [-0.3, -0.25) is 0 Å². The van der Waals surface area contributed by atoms with Crippen LogP contribution in [-0.2, 0) is 10.0 Å². The Morgan fingerprint density at radius 2 is 1.75 bits per heavy atom. The third-order valence-electron chi connectivity index (χ3n) is 4.16. The topological polar surface area (TPSA) is 46.6 Å². The lowest BCUT2D eigenvalue weighted by molar-refractivity contribution is 0.135. The minimum atomic E-state index is -3.43. The van der Waals surface area contributed by atoms with Crippen LogP contribution in [-0.4, -0.2) is 31.9 Å². The molecule has 2 aromatic carbocycles. The zero-order valence-corrected chi connectivity index (χ0v) is 15.1. The van der Waals surface area contributed by atoms with E-state index in [1.54, 1.807) is 24.3 Å². The van der Waals surface area contributed by atoms with Gasteiger partial charge in [0, 0.05) is 18.1 Å². The van der Waals surface area contributed by atoms with Gasteiger partial charge < -0.3 is 4.74 Å². The van der Waals surface area contributed by atoms with Crippen molar-refractivity contribution >= 4 is 21.6 Å². The van der Waals surface area contributed by atoms with Gasteiger partial charge >= 0.3 is 0 Å². The van der Waals surface area contributed by atoms with E-state index < -0.39 is 10.0 Å². The molecule has 1 saturated heterocycles. The lowest BCUT2D eigenvalue weighted by Crippen LogP contribution is -2.41. The van der Waals surface area contributed by atoms with Crippen molar-refractivity contribution in [1.82, 2.24) is 4.31 Å². The van der Waals surface area contributed by atoms with E-state index in [1.165, 1.54) is 4.31 Å². The summed E-state index contributed by atoms with van der Waals surface area (Å²) in [7, 11) is -3.43. The van der Waals surface area contributed by atoms with E-state index in [0.29, 0.717) is 35.8 Å². The van der Waals surface area contributed by atoms with E-state index in [4.69, 9.17) is 16.3 Å². The van der Waals surface area contributed by atoms with E-state index in [1.807, 2.05) is 31.2 Å². The van der Waals surface area contributed by atoms with Crippen LogP contribution in [0.1, 0.15) is 18.4 Å². The van der Waals surface area contributed by atoms with E-state index in [2.05, 4.69) is 0 Å². The molecule has 0 aromatic heterocycles. The summed E-state index contributed by atoms with van der Waals surface area (Å²) in [5, 5.41) is 0.631. The average Bonchev–Trinajstić information content (AvgIpc) is 2.56. The average molecular weight is 366 g/mol. The summed E-state index contributed by atoms with van der Waals surface area (Å²) >= 11 is 5.96. The van der Waals surface area contributed by atoms with Crippen LogP contribution in [0.3, 0.4) is 0 Å². The highest BCUT2D eigenvalue weighted by molar-refractivity contribution is 7.89. The van der Waals surface area contributed by atoms with Crippen molar-refractivity contribution in [3.63, 3.8) is 0 Å². The summed E-state index contributed by atoms with van der Waals surface area (Å²) in [5.41, 5.74) is 1.04. The van der Waals surface area contributed by atoms with Crippen molar-refractivity contribution in [1.29, 1.82) is 0 Å². The Balaban J connectivity index is 1.63. The fourth-order valence-electron chi connectivity index (χ4n) is 2.78. The highest BCUT2D eigenvalue weighted by atomic mass is 35.5. The zero-order valence-electron chi connectivity index (χ0n) is 13.5. The molecule has 6 heteroatoms. The van der Waals surface area contributed by atoms with Gasteiger partial charge in [-0.05, 0) is 50.1 Å². The second-order valence-corrected chi connectivity index (χ2v) is 8.37. The number of aryl methyl sites for hydroxylation is 1. The van der Waals surface area contributed by atoms with Gasteiger partial charge in [0.25, 0.3) is 0 Å². The predicted octanol–water partition coefficient (Wildman–Crippen LogP) is 3.88. The molecular weight excluding hydrogens is 346 g/mol. The summed E-state index contributed by atoms with van der Waals surface area (Å²) in [6, 6.07) is 14.3. The van der Waals surface area contributed by atoms with Gasteiger partial charge in [0.05, 0.1) is 4.90 Å². The largest absolute Gasteiger partial charge is 0.490 e. The smallest absolute Gasteiger partial charge is 0.243 e. The molecule has 0 saturated carbocycles. The van der Waals surface area contributed by atoms with Crippen LogP contribution in [0.4, 0.5) is 0 Å². The van der Waals surface area contributed by atoms with Crippen LogP contribution in [0.15, 0.2) is 53.4 Å². The van der Waals surface area contributed by atoms with Crippen molar-refractivity contribution in [3.05, 3.63) is 59.1 Å². The van der Waals surface area contributed by atoms with Gasteiger partial charge in [-0.15, -0.1) is 0 Å². The molecule has 1 fully saturated rings. The van der Waals surface area contributed by atoms with Crippen LogP contribution >= 0.6 is 11.6 Å². The molecule has 128 valence electrons. The van der Waals surface area contributed by atoms with Crippen molar-refractivity contribution in [2.75, 3.05) is 13.1 Å². The maximum Gasteiger partial charge on any atom is 0.243 e. The number of ether oxygens (including phenoxy) is 1. The number of rotatable bonds is 4. The monoisotopic (exact) mass is 365 g/mol. The van der Waals surface area contributed by atoms with Gasteiger partial charge in [0.1, 0.15) is 11.9 Å². The van der Waals surface area contributed by atoms with Gasteiger partial charge in [0.15, 0.2) is 0 Å². The Bertz CT molecular complexity index is 797. The number of nitrogens with zero attached hydrogens (tertiary/aromatic N) is 1. The number of benzene rings is 2. The Labute approximate surface area is 148 Å². The predicted molar refractivity (Wildman–Crippen MR) is 95.0 cm³/mol. The second-order valence-electron chi connectivity index (χ2n) is 5.99. The maximum atomic E-state index is 12.7. The first-order chi connectivity index (χ1) is 11.4. The minimum absolute atomic E-state index is 0.00735. The molecule has 1 heterocycles. The summed E-state index contributed by atoms with van der Waals surface area (Å²) in [5.74, 6) is 0.724. The van der Waals surface area contributed by atoms with Crippen molar-refractivity contribution in [2.24, 2.45) is 0 Å². The second kappa shape index (κ2) is 7.13. The SMILES string of the molecule is Cc1ccc(S(=O)(=O)N2CCC(Oc3cccc(Cl)c3)CC2)cc1. The number of halogens is 1. The van der Waals surface area contributed by atoms with Crippen molar-refractivity contribution < 1.29 is 13.2 Å². The molecule has 0 radical (unpaired) electrons. The van der Waals surface area contributed by atoms with Gasteiger partial charge in [-0.1, -0.05) is 35.4 Å². The van der Waals surface area contributed by atoms with Gasteiger partial charge in [-0.2, -0.15) is 4.31 Å². The molecule has 1 aliphatic rings. The molecule has 0 aliphatic carbocycles. The Kier molecular flexibility index (Phi) is 5.13. The highest BCUT2D eigenvalue weighted by Crippen LogP contribution is 2.25. The summed E-state index contributed by atoms with van der Waals surface area (Å²) in [6.07, 6.45) is 1.34. The maximum absolute atomic E-state index is 12.7. The first-order valence-corrected chi connectivity index (χ1v) is 9.76. The molecule has 2 aromatic rings. The van der Waals surface area contributed by atoms with Crippen molar-refractivity contribution in [2.45, 2.75) is 30.8 Å². The molecule has 1 aliphatic heterocycles. The Morgan fingerprint density at radius 3 is 2.38 bits per heavy atom. The lowest BCUT2D eigenvalue weighted by atomic mass is 10.1. The molecule has 0 unspecified atom stereocenters. The van der Waals surface area contributed by atoms with E-state index >= 15 is 0 Å². The third kappa shape index (κ3) is 3.91. The minimum Gasteiger partial charge on any atom is -0.490 e. The van der Waals surface area contributed by atoms with Gasteiger partial charge in [0.2, 0.25) is 10.0 Å². The first kappa shape index (κ1) is 17.3. The van der Waals surface area contributed by atoms with Crippen LogP contribution in [0, 0.1) is 6.92 Å².